The predicted molar refractivity (Wildman–Crippen MR) is 163 cm³/mol. The van der Waals surface area contributed by atoms with Gasteiger partial charge in [0.25, 0.3) is 0 Å². The SMILES string of the molecule is CSC[C@H](NC(=O)[C@H](Cc1ccccc1)NC(=O)OC(C)(C)C)C(=O)NC(=O)CC(O)C(N)CC1SCCCS1. The molecular weight excluding hydrogens is 573 g/mol. The Hall–Kier alpha value is -1.93. The van der Waals surface area contributed by atoms with Crippen molar-refractivity contribution in [2.75, 3.05) is 23.5 Å². The quantitative estimate of drug-likeness (QED) is 0.223. The first-order valence-corrected chi connectivity index (χ1v) is 16.7. The first kappa shape index (κ1) is 34.3. The highest BCUT2D eigenvalue weighted by atomic mass is 32.2. The van der Waals surface area contributed by atoms with Gasteiger partial charge in [-0.3, -0.25) is 19.7 Å². The van der Waals surface area contributed by atoms with Crippen molar-refractivity contribution >= 4 is 59.1 Å². The lowest BCUT2D eigenvalue weighted by atomic mass is 10.0. The molecule has 0 aromatic heterocycles. The van der Waals surface area contributed by atoms with Crippen molar-refractivity contribution in [3.05, 3.63) is 35.9 Å². The Morgan fingerprint density at radius 3 is 2.33 bits per heavy atom. The lowest BCUT2D eigenvalue weighted by Gasteiger charge is -2.26. The summed E-state index contributed by atoms with van der Waals surface area (Å²) in [6.07, 6.45) is 1.45. The molecule has 1 fully saturated rings. The summed E-state index contributed by atoms with van der Waals surface area (Å²) in [5, 5.41) is 18.0. The summed E-state index contributed by atoms with van der Waals surface area (Å²) in [6, 6.07) is 6.45. The molecule has 0 saturated carbocycles. The molecule has 13 heteroatoms. The van der Waals surface area contributed by atoms with Gasteiger partial charge in [0.1, 0.15) is 17.7 Å². The summed E-state index contributed by atoms with van der Waals surface area (Å²) in [6.45, 7) is 5.14. The third-order valence-electron chi connectivity index (χ3n) is 5.77. The molecule has 1 aliphatic rings. The average molecular weight is 615 g/mol. The van der Waals surface area contributed by atoms with Crippen molar-refractivity contribution in [1.29, 1.82) is 0 Å². The van der Waals surface area contributed by atoms with Gasteiger partial charge in [0.05, 0.1) is 17.1 Å². The van der Waals surface area contributed by atoms with E-state index in [9.17, 15) is 24.3 Å². The van der Waals surface area contributed by atoms with E-state index in [1.165, 1.54) is 11.8 Å². The minimum Gasteiger partial charge on any atom is -0.444 e. The molecule has 2 unspecified atom stereocenters. The number of hydrogen-bond donors (Lipinski definition) is 5. The first-order valence-electron chi connectivity index (χ1n) is 13.2. The van der Waals surface area contributed by atoms with Crippen molar-refractivity contribution in [2.45, 2.75) is 80.9 Å². The molecule has 0 aliphatic carbocycles. The van der Waals surface area contributed by atoms with Crippen molar-refractivity contribution < 1.29 is 29.0 Å². The molecule has 1 aromatic rings. The average Bonchev–Trinajstić information content (AvgIpc) is 2.88. The molecule has 6 N–H and O–H groups in total. The zero-order valence-corrected chi connectivity index (χ0v) is 26.0. The number of aliphatic hydroxyl groups excluding tert-OH is 1. The maximum absolute atomic E-state index is 13.3. The minimum atomic E-state index is -1.10. The molecule has 1 aromatic carbocycles. The number of ether oxygens (including phenoxy) is 1. The molecule has 0 radical (unpaired) electrons. The van der Waals surface area contributed by atoms with E-state index in [0.29, 0.717) is 6.42 Å². The van der Waals surface area contributed by atoms with Crippen LogP contribution in [0.4, 0.5) is 4.79 Å². The number of hydrogen-bond acceptors (Lipinski definition) is 10. The zero-order valence-electron chi connectivity index (χ0n) is 23.5. The Labute approximate surface area is 249 Å². The van der Waals surface area contributed by atoms with Crippen LogP contribution in [0.3, 0.4) is 0 Å². The minimum absolute atomic E-state index is 0.167. The fourth-order valence-corrected chi connectivity index (χ4v) is 7.38. The number of nitrogens with one attached hydrogen (secondary N) is 3. The van der Waals surface area contributed by atoms with Gasteiger partial charge in [0.2, 0.25) is 17.7 Å². The Bertz CT molecular complexity index is 973. The first-order chi connectivity index (χ1) is 18.9. The van der Waals surface area contributed by atoms with Crippen LogP contribution in [0.25, 0.3) is 0 Å². The summed E-state index contributed by atoms with van der Waals surface area (Å²) in [5.74, 6) is 0.316. The van der Waals surface area contributed by atoms with Crippen LogP contribution in [0.5, 0.6) is 0 Å². The standard InChI is InChI=1S/C27H42N4O6S3/c1-27(2,3)37-26(36)30-19(13-17-9-6-5-7-10-17)24(34)29-20(16-38-4)25(35)31-22(33)15-21(32)18(28)14-23-39-11-8-12-40-23/h5-7,9-10,18-21,23,32H,8,11-16,28H2,1-4H3,(H,29,34)(H,30,36)(H,31,33,35)/t18?,19-,20-,21?/m0/s1. The lowest BCUT2D eigenvalue weighted by Crippen LogP contribution is -2.56. The number of imide groups is 1. The Balaban J connectivity index is 2.00. The number of thioether (sulfide) groups is 3. The van der Waals surface area contributed by atoms with E-state index in [2.05, 4.69) is 16.0 Å². The number of amides is 4. The van der Waals surface area contributed by atoms with Crippen LogP contribution in [-0.2, 0) is 25.5 Å². The highest BCUT2D eigenvalue weighted by Crippen LogP contribution is 2.33. The van der Waals surface area contributed by atoms with Crippen LogP contribution >= 0.6 is 35.3 Å². The Kier molecular flexibility index (Phi) is 14.7. The molecule has 10 nitrogen and oxygen atoms in total. The van der Waals surface area contributed by atoms with Crippen molar-refractivity contribution in [2.24, 2.45) is 5.73 Å². The summed E-state index contributed by atoms with van der Waals surface area (Å²) in [4.78, 5) is 51.2. The van der Waals surface area contributed by atoms with Crippen molar-refractivity contribution in [3.8, 4) is 0 Å². The third-order valence-corrected chi connectivity index (χ3v) is 9.43. The monoisotopic (exact) mass is 614 g/mol. The van der Waals surface area contributed by atoms with E-state index in [1.54, 1.807) is 50.6 Å². The van der Waals surface area contributed by atoms with E-state index in [-0.39, 0.29) is 23.2 Å². The second-order valence-electron chi connectivity index (χ2n) is 10.5. The summed E-state index contributed by atoms with van der Waals surface area (Å²) < 4.78 is 5.60. The van der Waals surface area contributed by atoms with Crippen molar-refractivity contribution in [3.63, 3.8) is 0 Å². The topological polar surface area (TPSA) is 160 Å². The van der Waals surface area contributed by atoms with Crippen LogP contribution in [0.15, 0.2) is 30.3 Å². The van der Waals surface area contributed by atoms with E-state index in [0.717, 1.165) is 23.5 Å². The largest absolute Gasteiger partial charge is 0.444 e. The van der Waals surface area contributed by atoms with Gasteiger partial charge in [-0.25, -0.2) is 4.79 Å². The maximum atomic E-state index is 13.3. The molecule has 1 aliphatic heterocycles. The number of nitrogens with two attached hydrogens (primary N) is 1. The second-order valence-corrected chi connectivity index (χ2v) is 14.3. The van der Waals surface area contributed by atoms with E-state index in [4.69, 9.17) is 10.5 Å². The molecule has 2 rings (SSSR count). The number of rotatable bonds is 13. The van der Waals surface area contributed by atoms with Gasteiger partial charge in [-0.15, -0.1) is 23.5 Å². The van der Waals surface area contributed by atoms with E-state index in [1.807, 2.05) is 30.3 Å². The predicted octanol–water partition coefficient (Wildman–Crippen LogP) is 2.28. The van der Waals surface area contributed by atoms with Crippen LogP contribution in [0.1, 0.15) is 45.6 Å². The summed E-state index contributed by atoms with van der Waals surface area (Å²) in [5.41, 5.74) is 6.17. The van der Waals surface area contributed by atoms with Gasteiger partial charge in [-0.2, -0.15) is 11.8 Å². The number of aliphatic hydroxyl groups is 1. The molecule has 1 heterocycles. The van der Waals surface area contributed by atoms with Crippen LogP contribution in [0, 0.1) is 0 Å². The fourth-order valence-electron chi connectivity index (χ4n) is 3.80. The number of carbonyl (C=O) groups is 4. The molecule has 0 bridgehead atoms. The number of alkyl carbamates (subject to hydrolysis) is 1. The maximum Gasteiger partial charge on any atom is 0.408 e. The van der Waals surface area contributed by atoms with Gasteiger partial charge in [0, 0.05) is 18.2 Å². The number of benzene rings is 1. The van der Waals surface area contributed by atoms with Gasteiger partial charge < -0.3 is 26.2 Å². The van der Waals surface area contributed by atoms with Gasteiger partial charge in [0.15, 0.2) is 0 Å². The summed E-state index contributed by atoms with van der Waals surface area (Å²) in [7, 11) is 0. The molecular formula is C27H42N4O6S3. The number of carbonyl (C=O) groups excluding carboxylic acids is 4. The van der Waals surface area contributed by atoms with Gasteiger partial charge >= 0.3 is 6.09 Å². The fraction of sp³-hybridized carbons (Fsp3) is 0.630. The lowest BCUT2D eigenvalue weighted by molar-refractivity contribution is -0.135. The Morgan fingerprint density at radius 1 is 1.07 bits per heavy atom. The van der Waals surface area contributed by atoms with Crippen LogP contribution in [0.2, 0.25) is 0 Å². The van der Waals surface area contributed by atoms with Gasteiger partial charge in [-0.1, -0.05) is 30.3 Å². The highest BCUT2D eigenvalue weighted by molar-refractivity contribution is 8.17. The van der Waals surface area contributed by atoms with Crippen molar-refractivity contribution in [1.82, 2.24) is 16.0 Å². The smallest absolute Gasteiger partial charge is 0.408 e. The molecule has 4 atom stereocenters. The molecule has 224 valence electrons. The molecule has 0 spiro atoms. The van der Waals surface area contributed by atoms with Crippen LogP contribution < -0.4 is 21.7 Å². The highest BCUT2D eigenvalue weighted by Gasteiger charge is 2.30. The van der Waals surface area contributed by atoms with E-state index >= 15 is 0 Å². The van der Waals surface area contributed by atoms with Gasteiger partial charge in [-0.05, 0) is 56.9 Å². The summed E-state index contributed by atoms with van der Waals surface area (Å²) >= 11 is 4.92. The zero-order chi connectivity index (χ0) is 29.7. The third kappa shape index (κ3) is 13.2. The van der Waals surface area contributed by atoms with Crippen LogP contribution in [-0.4, -0.2) is 86.8 Å². The molecule has 4 amide bonds. The van der Waals surface area contributed by atoms with E-state index < -0.39 is 53.6 Å². The normalized spacial score (nSPS) is 17.1. The Morgan fingerprint density at radius 2 is 1.73 bits per heavy atom. The molecule has 40 heavy (non-hydrogen) atoms. The molecule has 1 saturated heterocycles. The second kappa shape index (κ2) is 17.1.